The van der Waals surface area contributed by atoms with Crippen molar-refractivity contribution < 1.29 is 32.5 Å². The predicted molar refractivity (Wildman–Crippen MR) is 133 cm³/mol. The molecule has 36 heavy (non-hydrogen) atoms. The summed E-state index contributed by atoms with van der Waals surface area (Å²) in [6.45, 7) is 5.43. The Hall–Kier alpha value is -3.52. The number of aryl methyl sites for hydroxylation is 1. The van der Waals surface area contributed by atoms with Crippen molar-refractivity contribution in [2.75, 3.05) is 25.2 Å². The smallest absolute Gasteiger partial charge is 0.383 e. The van der Waals surface area contributed by atoms with Crippen molar-refractivity contribution >= 4 is 11.7 Å². The normalized spacial score (nSPS) is 11.3. The van der Waals surface area contributed by atoms with Crippen LogP contribution in [0.5, 0.6) is 5.75 Å². The lowest BCUT2D eigenvalue weighted by molar-refractivity contribution is -0.214. The number of ether oxygens (including phenoxy) is 1. The van der Waals surface area contributed by atoms with E-state index in [0.29, 0.717) is 37.4 Å². The molecule has 0 aromatic heterocycles. The molecule has 0 aliphatic heterocycles. The molecule has 0 aliphatic rings. The zero-order valence-corrected chi connectivity index (χ0v) is 20.6. The molecule has 5 nitrogen and oxygen atoms in total. The number of nitrogens with zero attached hydrogens (tertiary/aromatic N) is 1. The van der Waals surface area contributed by atoms with Crippen LogP contribution in [0.3, 0.4) is 0 Å². The zero-order chi connectivity index (χ0) is 26.1. The van der Waals surface area contributed by atoms with Crippen molar-refractivity contribution in [1.29, 1.82) is 0 Å². The molecule has 3 aromatic rings. The molecule has 0 unspecified atom stereocenters. The standard InChI is InChI=1S/C28H30F3NO4/c1-4-6-27(33)36-35-26-14-9-21(17-20(26)2)19-32(15-16-34-3)25-8-5-7-23(18-25)22-10-12-24(13-11-22)28(29,30)31/h5,7-14,17-18H,4,6,15-16,19H2,1-3H3. The van der Waals surface area contributed by atoms with Gasteiger partial charge in [0.15, 0.2) is 5.75 Å². The number of halogens is 3. The summed E-state index contributed by atoms with van der Waals surface area (Å²) in [4.78, 5) is 23.8. The third-order valence-electron chi connectivity index (χ3n) is 5.61. The van der Waals surface area contributed by atoms with Crippen LogP contribution in [0.25, 0.3) is 11.1 Å². The highest BCUT2D eigenvalue weighted by molar-refractivity contribution is 5.69. The fraction of sp³-hybridized carbons (Fsp3) is 0.321. The maximum atomic E-state index is 12.9. The number of anilines is 1. The van der Waals surface area contributed by atoms with E-state index in [-0.39, 0.29) is 6.42 Å². The van der Waals surface area contributed by atoms with E-state index in [1.54, 1.807) is 13.2 Å². The largest absolute Gasteiger partial charge is 0.416 e. The summed E-state index contributed by atoms with van der Waals surface area (Å²) >= 11 is 0. The van der Waals surface area contributed by atoms with E-state index in [1.165, 1.54) is 12.1 Å². The summed E-state index contributed by atoms with van der Waals surface area (Å²) < 4.78 is 44.1. The van der Waals surface area contributed by atoms with E-state index in [9.17, 15) is 18.0 Å². The summed E-state index contributed by atoms with van der Waals surface area (Å²) in [5.41, 5.74) is 3.59. The number of hydrogen-bond donors (Lipinski definition) is 0. The van der Waals surface area contributed by atoms with Gasteiger partial charge in [0.05, 0.1) is 12.2 Å². The van der Waals surface area contributed by atoms with Crippen molar-refractivity contribution in [2.24, 2.45) is 0 Å². The Morgan fingerprint density at radius 1 is 0.972 bits per heavy atom. The third kappa shape index (κ3) is 7.49. The molecule has 0 saturated carbocycles. The number of benzene rings is 3. The Morgan fingerprint density at radius 2 is 1.72 bits per heavy atom. The topological polar surface area (TPSA) is 48.0 Å². The number of rotatable bonds is 11. The summed E-state index contributed by atoms with van der Waals surface area (Å²) in [5.74, 6) is 0.0515. The molecule has 0 fully saturated rings. The molecule has 0 atom stereocenters. The lowest BCUT2D eigenvalue weighted by Gasteiger charge is -2.25. The first kappa shape index (κ1) is 27.1. The fourth-order valence-electron chi connectivity index (χ4n) is 3.70. The Balaban J connectivity index is 1.78. The van der Waals surface area contributed by atoms with Gasteiger partial charge in [-0.1, -0.05) is 43.3 Å². The Labute approximate surface area is 209 Å². The van der Waals surface area contributed by atoms with Crippen molar-refractivity contribution in [3.63, 3.8) is 0 Å². The van der Waals surface area contributed by atoms with Crippen molar-refractivity contribution in [3.8, 4) is 16.9 Å². The van der Waals surface area contributed by atoms with Crippen LogP contribution in [-0.4, -0.2) is 26.2 Å². The van der Waals surface area contributed by atoms with Crippen LogP contribution in [0.2, 0.25) is 0 Å². The molecule has 8 heteroatoms. The number of alkyl halides is 3. The van der Waals surface area contributed by atoms with Gasteiger partial charge < -0.3 is 9.64 Å². The number of methoxy groups -OCH3 is 1. The highest BCUT2D eigenvalue weighted by Crippen LogP contribution is 2.32. The van der Waals surface area contributed by atoms with Crippen LogP contribution in [0.15, 0.2) is 66.7 Å². The van der Waals surface area contributed by atoms with Gasteiger partial charge in [0.2, 0.25) is 0 Å². The number of hydrogen-bond acceptors (Lipinski definition) is 5. The maximum Gasteiger partial charge on any atom is 0.416 e. The van der Waals surface area contributed by atoms with Gasteiger partial charge in [-0.15, -0.1) is 0 Å². The Kier molecular flexibility index (Phi) is 9.36. The minimum Gasteiger partial charge on any atom is -0.383 e. The Bertz CT molecular complexity index is 1150. The van der Waals surface area contributed by atoms with E-state index in [2.05, 4.69) is 4.90 Å². The van der Waals surface area contributed by atoms with Crippen molar-refractivity contribution in [2.45, 2.75) is 39.4 Å². The van der Waals surface area contributed by atoms with E-state index in [4.69, 9.17) is 14.5 Å². The average molecular weight is 502 g/mol. The minimum absolute atomic E-state index is 0.289. The molecule has 0 heterocycles. The monoisotopic (exact) mass is 501 g/mol. The molecule has 0 bridgehead atoms. The van der Waals surface area contributed by atoms with Gasteiger partial charge in [0.1, 0.15) is 0 Å². The third-order valence-corrected chi connectivity index (χ3v) is 5.61. The lowest BCUT2D eigenvalue weighted by Crippen LogP contribution is -2.26. The lowest BCUT2D eigenvalue weighted by atomic mass is 10.0. The van der Waals surface area contributed by atoms with E-state index in [1.807, 2.05) is 50.2 Å². The summed E-state index contributed by atoms with van der Waals surface area (Å²) in [6.07, 6.45) is -3.40. The quantitative estimate of drug-likeness (QED) is 0.210. The molecule has 0 radical (unpaired) electrons. The van der Waals surface area contributed by atoms with Gasteiger partial charge in [-0.3, -0.25) is 9.78 Å². The SMILES string of the molecule is CCCC(=O)OOc1ccc(CN(CCOC)c2cccc(-c3ccc(C(F)(F)F)cc3)c2)cc1C. The molecular weight excluding hydrogens is 471 g/mol. The van der Waals surface area contributed by atoms with E-state index >= 15 is 0 Å². The van der Waals surface area contributed by atoms with Crippen LogP contribution < -0.4 is 9.79 Å². The molecule has 0 saturated heterocycles. The summed E-state index contributed by atoms with van der Waals surface area (Å²) in [6, 6.07) is 18.4. The first-order chi connectivity index (χ1) is 17.2. The molecule has 0 aliphatic carbocycles. The molecular formula is C28H30F3NO4. The Morgan fingerprint density at radius 3 is 2.36 bits per heavy atom. The molecule has 0 spiro atoms. The van der Waals surface area contributed by atoms with Crippen LogP contribution in [-0.2, 0) is 27.1 Å². The van der Waals surface area contributed by atoms with Gasteiger partial charge in [-0.25, -0.2) is 4.79 Å². The molecule has 0 N–H and O–H groups in total. The van der Waals surface area contributed by atoms with Crippen LogP contribution >= 0.6 is 0 Å². The van der Waals surface area contributed by atoms with Crippen LogP contribution in [0.4, 0.5) is 18.9 Å². The summed E-state index contributed by atoms with van der Waals surface area (Å²) in [5, 5.41) is 0. The fourth-order valence-corrected chi connectivity index (χ4v) is 3.70. The molecule has 0 amide bonds. The summed E-state index contributed by atoms with van der Waals surface area (Å²) in [7, 11) is 1.63. The first-order valence-electron chi connectivity index (χ1n) is 11.7. The average Bonchev–Trinajstić information content (AvgIpc) is 2.86. The van der Waals surface area contributed by atoms with Crippen LogP contribution in [0, 0.1) is 6.92 Å². The molecule has 3 rings (SSSR count). The second-order valence-corrected chi connectivity index (χ2v) is 8.43. The van der Waals surface area contributed by atoms with E-state index in [0.717, 1.165) is 34.5 Å². The van der Waals surface area contributed by atoms with Gasteiger partial charge in [0.25, 0.3) is 0 Å². The number of carbonyl (C=O) groups is 1. The van der Waals surface area contributed by atoms with Crippen LogP contribution in [0.1, 0.15) is 36.5 Å². The predicted octanol–water partition coefficient (Wildman–Crippen LogP) is 6.97. The molecule has 192 valence electrons. The van der Waals surface area contributed by atoms with Crippen molar-refractivity contribution in [1.82, 2.24) is 0 Å². The first-order valence-corrected chi connectivity index (χ1v) is 11.7. The second-order valence-electron chi connectivity index (χ2n) is 8.43. The minimum atomic E-state index is -4.37. The van der Waals surface area contributed by atoms with Gasteiger partial charge in [-0.2, -0.15) is 13.2 Å². The highest BCUT2D eigenvalue weighted by atomic mass is 19.4. The van der Waals surface area contributed by atoms with E-state index < -0.39 is 17.7 Å². The second kappa shape index (κ2) is 12.4. The maximum absolute atomic E-state index is 12.9. The number of carbonyl (C=O) groups excluding carboxylic acids is 1. The van der Waals surface area contributed by atoms with Gasteiger partial charge >= 0.3 is 12.1 Å². The van der Waals surface area contributed by atoms with Crippen molar-refractivity contribution in [3.05, 3.63) is 83.4 Å². The highest BCUT2D eigenvalue weighted by Gasteiger charge is 2.30. The van der Waals surface area contributed by atoms with Gasteiger partial charge in [0, 0.05) is 32.3 Å². The molecule has 3 aromatic carbocycles. The zero-order valence-electron chi connectivity index (χ0n) is 20.6. The van der Waals surface area contributed by atoms with Gasteiger partial charge in [-0.05, 0) is 65.9 Å².